The van der Waals surface area contributed by atoms with Gasteiger partial charge in [0.05, 0.1) is 0 Å². The zero-order valence-electron chi connectivity index (χ0n) is 7.73. The summed E-state index contributed by atoms with van der Waals surface area (Å²) < 4.78 is 5.47. The van der Waals surface area contributed by atoms with Crippen LogP contribution in [0.4, 0.5) is 5.82 Å². The van der Waals surface area contributed by atoms with Crippen LogP contribution in [0.25, 0.3) is 0 Å². The first kappa shape index (κ1) is 8.96. The van der Waals surface area contributed by atoms with Crippen LogP contribution in [0.3, 0.4) is 0 Å². The molecular formula is C9H11N3O2. The van der Waals surface area contributed by atoms with E-state index in [9.17, 15) is 4.79 Å². The molecule has 0 aliphatic carbocycles. The summed E-state index contributed by atoms with van der Waals surface area (Å²) in [4.78, 5) is 15.4. The SMILES string of the molecule is C[C@H]1Oc2cccnc2NC(=O)C1N. The van der Waals surface area contributed by atoms with E-state index >= 15 is 0 Å². The molecule has 1 amide bonds. The Balaban J connectivity index is 2.39. The Morgan fingerprint density at radius 1 is 1.64 bits per heavy atom. The summed E-state index contributed by atoms with van der Waals surface area (Å²) in [5, 5.41) is 2.60. The number of aromatic nitrogens is 1. The van der Waals surface area contributed by atoms with Crippen LogP contribution in [-0.4, -0.2) is 23.0 Å². The maximum atomic E-state index is 11.4. The predicted molar refractivity (Wildman–Crippen MR) is 50.9 cm³/mol. The highest BCUT2D eigenvalue weighted by Gasteiger charge is 2.27. The summed E-state index contributed by atoms with van der Waals surface area (Å²) >= 11 is 0. The lowest BCUT2D eigenvalue weighted by Crippen LogP contribution is -2.44. The molecule has 0 radical (unpaired) electrons. The van der Waals surface area contributed by atoms with Crippen molar-refractivity contribution in [1.82, 2.24) is 4.98 Å². The first-order chi connectivity index (χ1) is 6.68. The van der Waals surface area contributed by atoms with E-state index in [0.717, 1.165) is 0 Å². The minimum Gasteiger partial charge on any atom is -0.485 e. The van der Waals surface area contributed by atoms with Gasteiger partial charge in [0.2, 0.25) is 5.91 Å². The number of hydrogen-bond acceptors (Lipinski definition) is 4. The highest BCUT2D eigenvalue weighted by Crippen LogP contribution is 2.25. The minimum absolute atomic E-state index is 0.269. The number of pyridine rings is 1. The monoisotopic (exact) mass is 193 g/mol. The number of fused-ring (bicyclic) bond motifs is 1. The van der Waals surface area contributed by atoms with Gasteiger partial charge in [0.1, 0.15) is 12.1 Å². The van der Waals surface area contributed by atoms with Gasteiger partial charge in [-0.2, -0.15) is 0 Å². The molecule has 5 heteroatoms. The average Bonchev–Trinajstić information content (AvgIpc) is 2.28. The second-order valence-electron chi connectivity index (χ2n) is 3.19. The number of ether oxygens (including phenoxy) is 1. The van der Waals surface area contributed by atoms with E-state index in [4.69, 9.17) is 10.5 Å². The van der Waals surface area contributed by atoms with E-state index in [0.29, 0.717) is 11.6 Å². The van der Waals surface area contributed by atoms with Crippen LogP contribution in [-0.2, 0) is 4.79 Å². The van der Waals surface area contributed by atoms with Crippen LogP contribution in [0, 0.1) is 0 Å². The van der Waals surface area contributed by atoms with Crippen LogP contribution < -0.4 is 15.8 Å². The van der Waals surface area contributed by atoms with Gasteiger partial charge in [0.15, 0.2) is 11.6 Å². The molecule has 3 N–H and O–H groups in total. The summed E-state index contributed by atoms with van der Waals surface area (Å²) in [6.07, 6.45) is 1.24. The first-order valence-electron chi connectivity index (χ1n) is 4.36. The van der Waals surface area contributed by atoms with Crippen molar-refractivity contribution in [2.75, 3.05) is 5.32 Å². The first-order valence-corrected chi connectivity index (χ1v) is 4.36. The second-order valence-corrected chi connectivity index (χ2v) is 3.19. The molecule has 1 aromatic heterocycles. The zero-order chi connectivity index (χ0) is 10.1. The lowest BCUT2D eigenvalue weighted by atomic mass is 10.2. The summed E-state index contributed by atoms with van der Waals surface area (Å²) in [6, 6.07) is 2.83. The molecular weight excluding hydrogens is 182 g/mol. The number of rotatable bonds is 0. The molecule has 1 aliphatic rings. The van der Waals surface area contributed by atoms with Gasteiger partial charge in [0.25, 0.3) is 0 Å². The van der Waals surface area contributed by atoms with Gasteiger partial charge in [-0.25, -0.2) is 4.98 Å². The molecule has 1 aromatic rings. The van der Waals surface area contributed by atoms with E-state index in [1.807, 2.05) is 0 Å². The van der Waals surface area contributed by atoms with E-state index in [1.54, 1.807) is 25.3 Å². The number of carbonyl (C=O) groups excluding carboxylic acids is 1. The second kappa shape index (κ2) is 3.26. The molecule has 0 saturated heterocycles. The Hall–Kier alpha value is -1.62. The molecule has 2 rings (SSSR count). The number of anilines is 1. The minimum atomic E-state index is -0.663. The zero-order valence-corrected chi connectivity index (χ0v) is 7.73. The molecule has 0 fully saturated rings. The fourth-order valence-corrected chi connectivity index (χ4v) is 1.27. The molecule has 74 valence electrons. The molecule has 0 bridgehead atoms. The normalized spacial score (nSPS) is 25.7. The Morgan fingerprint density at radius 3 is 3.21 bits per heavy atom. The quantitative estimate of drug-likeness (QED) is 0.614. The number of nitrogens with two attached hydrogens (primary N) is 1. The largest absolute Gasteiger partial charge is 0.485 e. The Bertz CT molecular complexity index is 367. The van der Waals surface area contributed by atoms with Crippen LogP contribution in [0.1, 0.15) is 6.92 Å². The van der Waals surface area contributed by atoms with E-state index in [-0.39, 0.29) is 12.0 Å². The molecule has 14 heavy (non-hydrogen) atoms. The van der Waals surface area contributed by atoms with Crippen LogP contribution in [0.2, 0.25) is 0 Å². The Morgan fingerprint density at radius 2 is 2.43 bits per heavy atom. The van der Waals surface area contributed by atoms with Crippen molar-refractivity contribution in [2.45, 2.75) is 19.1 Å². The number of nitrogens with one attached hydrogen (secondary N) is 1. The van der Waals surface area contributed by atoms with Crippen LogP contribution >= 0.6 is 0 Å². The van der Waals surface area contributed by atoms with Crippen LogP contribution in [0.15, 0.2) is 18.3 Å². The lowest BCUT2D eigenvalue weighted by molar-refractivity contribution is -0.118. The van der Waals surface area contributed by atoms with Gasteiger partial charge in [-0.05, 0) is 19.1 Å². The fraction of sp³-hybridized carbons (Fsp3) is 0.333. The maximum Gasteiger partial charge on any atom is 0.246 e. The number of nitrogens with zero attached hydrogens (tertiary/aromatic N) is 1. The third kappa shape index (κ3) is 1.42. The standard InChI is InChI=1S/C9H11N3O2/c1-5-7(10)9(13)12-8-6(14-5)3-2-4-11-8/h2-5,7H,10H2,1H3,(H,11,12,13)/t5-,7?/m1/s1. The van der Waals surface area contributed by atoms with Gasteiger partial charge < -0.3 is 15.8 Å². The molecule has 1 unspecified atom stereocenters. The highest BCUT2D eigenvalue weighted by molar-refractivity contribution is 5.96. The number of carbonyl (C=O) groups is 1. The van der Waals surface area contributed by atoms with Gasteiger partial charge in [-0.1, -0.05) is 0 Å². The van der Waals surface area contributed by atoms with Gasteiger partial charge in [-0.15, -0.1) is 0 Å². The summed E-state index contributed by atoms with van der Waals surface area (Å²) in [6.45, 7) is 1.76. The number of amides is 1. The van der Waals surface area contributed by atoms with Crippen molar-refractivity contribution in [3.8, 4) is 5.75 Å². The highest BCUT2D eigenvalue weighted by atomic mass is 16.5. The van der Waals surface area contributed by atoms with Crippen LogP contribution in [0.5, 0.6) is 5.75 Å². The summed E-state index contributed by atoms with van der Waals surface area (Å²) in [5.41, 5.74) is 5.64. The van der Waals surface area contributed by atoms with Gasteiger partial charge in [0, 0.05) is 6.20 Å². The summed E-state index contributed by atoms with van der Waals surface area (Å²) in [7, 11) is 0. The summed E-state index contributed by atoms with van der Waals surface area (Å²) in [5.74, 6) is 0.716. The van der Waals surface area contributed by atoms with Gasteiger partial charge >= 0.3 is 0 Å². The van der Waals surface area contributed by atoms with Crippen molar-refractivity contribution in [3.05, 3.63) is 18.3 Å². The molecule has 0 spiro atoms. The Kier molecular flexibility index (Phi) is 2.09. The van der Waals surface area contributed by atoms with Crippen molar-refractivity contribution < 1.29 is 9.53 Å². The van der Waals surface area contributed by atoms with E-state index < -0.39 is 6.04 Å². The maximum absolute atomic E-state index is 11.4. The molecule has 0 saturated carbocycles. The van der Waals surface area contributed by atoms with E-state index in [2.05, 4.69) is 10.3 Å². The average molecular weight is 193 g/mol. The fourth-order valence-electron chi connectivity index (χ4n) is 1.27. The van der Waals surface area contributed by atoms with Crippen molar-refractivity contribution in [2.24, 2.45) is 5.73 Å². The van der Waals surface area contributed by atoms with E-state index in [1.165, 1.54) is 0 Å². The smallest absolute Gasteiger partial charge is 0.246 e. The van der Waals surface area contributed by atoms with Crippen molar-refractivity contribution >= 4 is 11.7 Å². The van der Waals surface area contributed by atoms with Crippen molar-refractivity contribution in [3.63, 3.8) is 0 Å². The molecule has 0 aromatic carbocycles. The third-order valence-electron chi connectivity index (χ3n) is 2.13. The Labute approximate surface area is 81.3 Å². The number of hydrogen-bond donors (Lipinski definition) is 2. The molecule has 1 aliphatic heterocycles. The predicted octanol–water partition coefficient (Wildman–Crippen LogP) is 0.128. The van der Waals surface area contributed by atoms with Crippen molar-refractivity contribution in [1.29, 1.82) is 0 Å². The molecule has 2 atom stereocenters. The topological polar surface area (TPSA) is 77.2 Å². The third-order valence-corrected chi connectivity index (χ3v) is 2.13. The van der Waals surface area contributed by atoms with Gasteiger partial charge in [-0.3, -0.25) is 4.79 Å². The lowest BCUT2D eigenvalue weighted by Gasteiger charge is -2.15. The molecule has 5 nitrogen and oxygen atoms in total. The molecule has 2 heterocycles.